The molecule has 0 unspecified atom stereocenters. The number of allylic oxidation sites excluding steroid dienone is 1. The molecule has 0 amide bonds. The molecule has 0 aromatic carbocycles. The van der Waals surface area contributed by atoms with Gasteiger partial charge in [0, 0.05) is 10.9 Å². The molecule has 0 radical (unpaired) electrons. The Morgan fingerprint density at radius 1 is 1.67 bits per heavy atom. The number of halogens is 3. The van der Waals surface area contributed by atoms with E-state index in [1.807, 2.05) is 6.08 Å². The lowest BCUT2D eigenvalue weighted by atomic mass is 10.1. The van der Waals surface area contributed by atoms with E-state index in [9.17, 15) is 5.11 Å². The monoisotopic (exact) mass is 356 g/mol. The van der Waals surface area contributed by atoms with Gasteiger partial charge in [-0.05, 0) is 6.42 Å². The van der Waals surface area contributed by atoms with Crippen LogP contribution in [0.25, 0.3) is 0 Å². The minimum atomic E-state index is -0.646. The van der Waals surface area contributed by atoms with E-state index >= 15 is 0 Å². The molecular formula is C11H15Br2ClO. The number of terminal acetylenes is 1. The maximum Gasteiger partial charge on any atom is 0.0990 e. The van der Waals surface area contributed by atoms with Crippen molar-refractivity contribution in [1.29, 1.82) is 0 Å². The van der Waals surface area contributed by atoms with Crippen LogP contribution >= 0.6 is 43.5 Å². The second-order valence-electron chi connectivity index (χ2n) is 3.19. The van der Waals surface area contributed by atoms with Crippen molar-refractivity contribution in [3.8, 4) is 12.3 Å². The van der Waals surface area contributed by atoms with Crippen molar-refractivity contribution in [2.75, 3.05) is 0 Å². The third-order valence-corrected chi connectivity index (χ3v) is 4.53. The molecule has 0 fully saturated rings. The smallest absolute Gasteiger partial charge is 0.0990 e. The fourth-order valence-corrected chi connectivity index (χ4v) is 2.55. The van der Waals surface area contributed by atoms with Crippen LogP contribution in [-0.2, 0) is 0 Å². The molecular weight excluding hydrogens is 343 g/mol. The molecule has 0 saturated carbocycles. The molecule has 0 heterocycles. The second-order valence-corrected chi connectivity index (χ2v) is 5.72. The maximum atomic E-state index is 9.89. The van der Waals surface area contributed by atoms with Crippen molar-refractivity contribution in [3.63, 3.8) is 0 Å². The maximum absolute atomic E-state index is 9.89. The molecule has 0 bridgehead atoms. The molecule has 0 saturated heterocycles. The third-order valence-electron chi connectivity index (χ3n) is 1.87. The summed E-state index contributed by atoms with van der Waals surface area (Å²) >= 11 is 12.7. The van der Waals surface area contributed by atoms with Gasteiger partial charge in [-0.1, -0.05) is 51.3 Å². The SMILES string of the molecule is C#CC[C@@H](Cl)[C@H](Br)[C@H](O)/C(Br)=C\CCC. The summed E-state index contributed by atoms with van der Waals surface area (Å²) in [7, 11) is 0. The summed E-state index contributed by atoms with van der Waals surface area (Å²) in [5.74, 6) is 2.48. The standard InChI is InChI=1S/C11H15Br2ClO/c1-3-5-7-8(12)11(15)10(13)9(14)6-4-2/h2,7,9-11,15H,3,5-6H2,1H3/b8-7+/t9-,10+,11-/m1/s1. The zero-order chi connectivity index (χ0) is 11.8. The van der Waals surface area contributed by atoms with Gasteiger partial charge in [-0.25, -0.2) is 0 Å². The Balaban J connectivity index is 4.30. The fraction of sp³-hybridized carbons (Fsp3) is 0.636. The zero-order valence-corrected chi connectivity index (χ0v) is 12.5. The van der Waals surface area contributed by atoms with Crippen LogP contribution in [0.15, 0.2) is 10.6 Å². The van der Waals surface area contributed by atoms with E-state index in [1.165, 1.54) is 0 Å². The molecule has 0 rings (SSSR count). The lowest BCUT2D eigenvalue weighted by Gasteiger charge is -2.20. The summed E-state index contributed by atoms with van der Waals surface area (Å²) in [6, 6.07) is 0. The van der Waals surface area contributed by atoms with Gasteiger partial charge < -0.3 is 5.11 Å². The Morgan fingerprint density at radius 3 is 2.73 bits per heavy atom. The van der Waals surface area contributed by atoms with Gasteiger partial charge >= 0.3 is 0 Å². The van der Waals surface area contributed by atoms with E-state index in [2.05, 4.69) is 44.7 Å². The van der Waals surface area contributed by atoms with Crippen LogP contribution in [0.5, 0.6) is 0 Å². The summed E-state index contributed by atoms with van der Waals surface area (Å²) in [6.45, 7) is 2.08. The molecule has 3 atom stereocenters. The van der Waals surface area contributed by atoms with Crippen LogP contribution in [0.4, 0.5) is 0 Å². The van der Waals surface area contributed by atoms with E-state index in [0.29, 0.717) is 6.42 Å². The van der Waals surface area contributed by atoms with Gasteiger partial charge in [0.05, 0.1) is 16.3 Å². The molecule has 0 aromatic rings. The van der Waals surface area contributed by atoms with E-state index in [-0.39, 0.29) is 10.2 Å². The van der Waals surface area contributed by atoms with E-state index in [4.69, 9.17) is 18.0 Å². The molecule has 1 N–H and O–H groups in total. The van der Waals surface area contributed by atoms with Crippen LogP contribution in [-0.4, -0.2) is 21.4 Å². The first kappa shape index (κ1) is 15.5. The normalized spacial score (nSPS) is 18.0. The predicted molar refractivity (Wildman–Crippen MR) is 73.7 cm³/mol. The van der Waals surface area contributed by atoms with Crippen LogP contribution in [0.2, 0.25) is 0 Å². The van der Waals surface area contributed by atoms with Gasteiger partial charge in [0.2, 0.25) is 0 Å². The number of aliphatic hydroxyl groups excluding tert-OH is 1. The number of hydrogen-bond donors (Lipinski definition) is 1. The number of hydrogen-bond acceptors (Lipinski definition) is 1. The van der Waals surface area contributed by atoms with Crippen molar-refractivity contribution < 1.29 is 5.11 Å². The largest absolute Gasteiger partial charge is 0.387 e. The van der Waals surface area contributed by atoms with Crippen LogP contribution in [0, 0.1) is 12.3 Å². The molecule has 4 heteroatoms. The molecule has 0 aliphatic carbocycles. The fourth-order valence-electron chi connectivity index (χ4n) is 0.978. The lowest BCUT2D eigenvalue weighted by molar-refractivity contribution is 0.216. The number of aliphatic hydroxyl groups is 1. The highest BCUT2D eigenvalue weighted by molar-refractivity contribution is 9.12. The van der Waals surface area contributed by atoms with Crippen LogP contribution in [0.3, 0.4) is 0 Å². The summed E-state index contributed by atoms with van der Waals surface area (Å²) in [6.07, 6.45) is 8.88. The summed E-state index contributed by atoms with van der Waals surface area (Å²) < 4.78 is 0.758. The van der Waals surface area contributed by atoms with Gasteiger partial charge in [-0.2, -0.15) is 0 Å². The number of alkyl halides is 2. The minimum absolute atomic E-state index is 0.238. The number of rotatable bonds is 6. The highest BCUT2D eigenvalue weighted by Gasteiger charge is 2.25. The predicted octanol–water partition coefficient (Wildman–Crippen LogP) is 3.82. The number of unbranched alkanes of at least 4 members (excludes halogenated alkanes) is 1. The first-order valence-corrected chi connectivity index (χ1v) is 6.94. The van der Waals surface area contributed by atoms with E-state index in [0.717, 1.165) is 17.3 Å². The van der Waals surface area contributed by atoms with Crippen molar-refractivity contribution >= 4 is 43.5 Å². The molecule has 0 spiro atoms. The highest BCUT2D eigenvalue weighted by Crippen LogP contribution is 2.26. The highest BCUT2D eigenvalue weighted by atomic mass is 79.9. The average molecular weight is 359 g/mol. The average Bonchev–Trinajstić information content (AvgIpc) is 2.24. The summed E-state index contributed by atoms with van der Waals surface area (Å²) in [4.78, 5) is -0.238. The molecule has 0 aliphatic rings. The Morgan fingerprint density at radius 2 is 2.27 bits per heavy atom. The van der Waals surface area contributed by atoms with Gasteiger partial charge in [-0.3, -0.25) is 0 Å². The van der Waals surface area contributed by atoms with Gasteiger partial charge in [0.15, 0.2) is 0 Å². The van der Waals surface area contributed by atoms with Crippen LogP contribution < -0.4 is 0 Å². The van der Waals surface area contributed by atoms with Crippen molar-refractivity contribution in [1.82, 2.24) is 0 Å². The summed E-state index contributed by atoms with van der Waals surface area (Å²) in [5, 5.41) is 9.62. The second kappa shape index (κ2) is 8.64. The van der Waals surface area contributed by atoms with E-state index < -0.39 is 6.10 Å². The zero-order valence-electron chi connectivity index (χ0n) is 8.59. The van der Waals surface area contributed by atoms with Gasteiger partial charge in [-0.15, -0.1) is 23.9 Å². The first-order chi connectivity index (χ1) is 7.04. The van der Waals surface area contributed by atoms with Gasteiger partial charge in [0.25, 0.3) is 0 Å². The van der Waals surface area contributed by atoms with Crippen molar-refractivity contribution in [3.05, 3.63) is 10.6 Å². The topological polar surface area (TPSA) is 20.2 Å². The Labute approximate surface area is 114 Å². The van der Waals surface area contributed by atoms with Gasteiger partial charge in [0.1, 0.15) is 0 Å². The lowest BCUT2D eigenvalue weighted by Crippen LogP contribution is -2.29. The quantitative estimate of drug-likeness (QED) is 0.565. The Kier molecular flexibility index (Phi) is 8.93. The molecule has 0 aliphatic heterocycles. The molecule has 15 heavy (non-hydrogen) atoms. The first-order valence-electron chi connectivity index (χ1n) is 4.79. The Bertz CT molecular complexity index is 247. The van der Waals surface area contributed by atoms with E-state index in [1.54, 1.807) is 0 Å². The molecule has 1 nitrogen and oxygen atoms in total. The molecule has 86 valence electrons. The van der Waals surface area contributed by atoms with Crippen molar-refractivity contribution in [2.24, 2.45) is 0 Å². The third kappa shape index (κ3) is 5.97. The molecule has 0 aromatic heterocycles. The minimum Gasteiger partial charge on any atom is -0.387 e. The van der Waals surface area contributed by atoms with Crippen molar-refractivity contribution in [2.45, 2.75) is 42.5 Å². The van der Waals surface area contributed by atoms with Crippen LogP contribution in [0.1, 0.15) is 26.2 Å². The summed E-state index contributed by atoms with van der Waals surface area (Å²) in [5.41, 5.74) is 0. The Hall–Kier alpha value is 0.510.